The fourth-order valence-electron chi connectivity index (χ4n) is 3.33. The Morgan fingerprint density at radius 2 is 2.17 bits per heavy atom. The minimum atomic E-state index is -0.450. The number of nitrogens with zero attached hydrogens (tertiary/aromatic N) is 3. The van der Waals surface area contributed by atoms with Crippen molar-refractivity contribution in [3.8, 4) is 0 Å². The van der Waals surface area contributed by atoms with Crippen molar-refractivity contribution in [2.45, 2.75) is 51.7 Å². The summed E-state index contributed by atoms with van der Waals surface area (Å²) in [7, 11) is 0. The Morgan fingerprint density at radius 1 is 1.39 bits per heavy atom. The van der Waals surface area contributed by atoms with Gasteiger partial charge >= 0.3 is 6.09 Å². The molecule has 126 valence electrons. The van der Waals surface area contributed by atoms with Gasteiger partial charge in [0.15, 0.2) is 0 Å². The lowest BCUT2D eigenvalue weighted by Gasteiger charge is -2.38. The van der Waals surface area contributed by atoms with Crippen molar-refractivity contribution in [2.24, 2.45) is 0 Å². The molecule has 0 bridgehead atoms. The molecule has 1 atom stereocenters. The number of halogens is 1. The van der Waals surface area contributed by atoms with Gasteiger partial charge in [0.2, 0.25) is 0 Å². The first-order valence-electron chi connectivity index (χ1n) is 8.23. The number of amides is 1. The molecule has 1 aromatic heterocycles. The van der Waals surface area contributed by atoms with Gasteiger partial charge in [0, 0.05) is 41.9 Å². The van der Waals surface area contributed by atoms with Gasteiger partial charge in [0.1, 0.15) is 11.4 Å². The molecule has 1 fully saturated rings. The van der Waals surface area contributed by atoms with Gasteiger partial charge in [-0.3, -0.25) is 0 Å². The number of pyridine rings is 1. The molecule has 0 N–H and O–H groups in total. The maximum atomic E-state index is 12.4. The number of carbonyl (C=O) groups is 1. The molecular formula is C17H24BrN3O2. The van der Waals surface area contributed by atoms with Gasteiger partial charge in [0.25, 0.3) is 0 Å². The second-order valence-corrected chi connectivity index (χ2v) is 8.12. The minimum absolute atomic E-state index is 0.202. The maximum absolute atomic E-state index is 12.4. The second-order valence-electron chi connectivity index (χ2n) is 7.26. The molecule has 0 spiro atoms. The molecule has 0 aromatic carbocycles. The normalized spacial score (nSPS) is 21.3. The van der Waals surface area contributed by atoms with E-state index in [0.717, 1.165) is 42.6 Å². The zero-order valence-electron chi connectivity index (χ0n) is 14.0. The van der Waals surface area contributed by atoms with Crippen molar-refractivity contribution >= 4 is 27.8 Å². The molecule has 1 aromatic rings. The Labute approximate surface area is 146 Å². The van der Waals surface area contributed by atoms with Gasteiger partial charge in [-0.15, -0.1) is 0 Å². The lowest BCUT2D eigenvalue weighted by molar-refractivity contribution is 0.0248. The van der Waals surface area contributed by atoms with E-state index >= 15 is 0 Å². The topological polar surface area (TPSA) is 45.7 Å². The van der Waals surface area contributed by atoms with E-state index in [2.05, 4.69) is 25.8 Å². The number of carbonyl (C=O) groups excluding carboxylic acids is 1. The average molecular weight is 382 g/mol. The van der Waals surface area contributed by atoms with Crippen LogP contribution in [0.15, 0.2) is 16.7 Å². The summed E-state index contributed by atoms with van der Waals surface area (Å²) in [5.74, 6) is 1.07. The Bertz CT molecular complexity index is 600. The molecule has 5 nitrogen and oxygen atoms in total. The lowest BCUT2D eigenvalue weighted by Crippen LogP contribution is -2.46. The Balaban J connectivity index is 1.77. The van der Waals surface area contributed by atoms with E-state index < -0.39 is 5.60 Å². The zero-order chi connectivity index (χ0) is 16.6. The molecule has 3 rings (SSSR count). The van der Waals surface area contributed by atoms with Crippen LogP contribution in [-0.4, -0.2) is 47.3 Å². The predicted molar refractivity (Wildman–Crippen MR) is 93.8 cm³/mol. The van der Waals surface area contributed by atoms with Crippen LogP contribution in [0.5, 0.6) is 0 Å². The van der Waals surface area contributed by atoms with E-state index in [9.17, 15) is 4.79 Å². The van der Waals surface area contributed by atoms with E-state index in [0.29, 0.717) is 12.6 Å². The molecule has 0 saturated carbocycles. The van der Waals surface area contributed by atoms with Gasteiger partial charge in [0.05, 0.1) is 0 Å². The fourth-order valence-corrected chi connectivity index (χ4v) is 3.82. The highest BCUT2D eigenvalue weighted by atomic mass is 79.9. The summed E-state index contributed by atoms with van der Waals surface area (Å²) in [6.07, 6.45) is 4.61. The lowest BCUT2D eigenvalue weighted by atomic mass is 9.98. The van der Waals surface area contributed by atoms with Crippen molar-refractivity contribution in [1.29, 1.82) is 0 Å². The van der Waals surface area contributed by atoms with Crippen LogP contribution in [-0.2, 0) is 11.2 Å². The highest BCUT2D eigenvalue weighted by Crippen LogP contribution is 2.34. The molecule has 6 heteroatoms. The van der Waals surface area contributed by atoms with Crippen LogP contribution in [0.3, 0.4) is 0 Å². The second kappa shape index (κ2) is 6.30. The van der Waals surface area contributed by atoms with Gasteiger partial charge in [-0.25, -0.2) is 9.78 Å². The molecule has 1 saturated heterocycles. The van der Waals surface area contributed by atoms with E-state index in [1.807, 2.05) is 37.9 Å². The van der Waals surface area contributed by atoms with Crippen molar-refractivity contribution in [3.05, 3.63) is 22.3 Å². The van der Waals surface area contributed by atoms with Crippen molar-refractivity contribution in [1.82, 2.24) is 9.88 Å². The third kappa shape index (κ3) is 3.62. The van der Waals surface area contributed by atoms with Crippen molar-refractivity contribution in [2.75, 3.05) is 24.5 Å². The van der Waals surface area contributed by atoms with Crippen LogP contribution < -0.4 is 4.90 Å². The van der Waals surface area contributed by atoms with E-state index in [-0.39, 0.29) is 6.09 Å². The van der Waals surface area contributed by atoms with Gasteiger partial charge < -0.3 is 14.5 Å². The predicted octanol–water partition coefficient (Wildman–Crippen LogP) is 3.61. The summed E-state index contributed by atoms with van der Waals surface area (Å²) in [5.41, 5.74) is 0.837. The monoisotopic (exact) mass is 381 g/mol. The third-order valence-electron chi connectivity index (χ3n) is 4.33. The van der Waals surface area contributed by atoms with Crippen LogP contribution >= 0.6 is 15.9 Å². The SMILES string of the molecule is CC(C)(C)OC(=O)N1CCCN2c3nccc(Br)c3CC[C@@H]2C1. The number of hydrogen-bond acceptors (Lipinski definition) is 4. The van der Waals surface area contributed by atoms with Crippen molar-refractivity contribution in [3.63, 3.8) is 0 Å². The summed E-state index contributed by atoms with van der Waals surface area (Å²) >= 11 is 3.63. The first-order chi connectivity index (χ1) is 10.8. The van der Waals surface area contributed by atoms with Crippen molar-refractivity contribution < 1.29 is 9.53 Å². The summed E-state index contributed by atoms with van der Waals surface area (Å²) in [5, 5.41) is 0. The molecule has 1 amide bonds. The minimum Gasteiger partial charge on any atom is -0.444 e. The molecular weight excluding hydrogens is 358 g/mol. The number of anilines is 1. The zero-order valence-corrected chi connectivity index (χ0v) is 15.6. The number of fused-ring (bicyclic) bond motifs is 3. The molecule has 0 aliphatic carbocycles. The van der Waals surface area contributed by atoms with Crippen LogP contribution in [0.4, 0.5) is 10.6 Å². The molecule has 0 radical (unpaired) electrons. The molecule has 2 aliphatic rings. The summed E-state index contributed by atoms with van der Waals surface area (Å²) in [6, 6.07) is 2.32. The number of rotatable bonds is 0. The van der Waals surface area contributed by atoms with Gasteiger partial charge in [-0.05, 0) is 46.1 Å². The third-order valence-corrected chi connectivity index (χ3v) is 5.07. The Morgan fingerprint density at radius 3 is 2.91 bits per heavy atom. The molecule has 0 unspecified atom stereocenters. The highest BCUT2D eigenvalue weighted by molar-refractivity contribution is 9.10. The van der Waals surface area contributed by atoms with E-state index in [1.165, 1.54) is 5.56 Å². The first-order valence-corrected chi connectivity index (χ1v) is 9.02. The van der Waals surface area contributed by atoms with Crippen LogP contribution in [0.25, 0.3) is 0 Å². The van der Waals surface area contributed by atoms with Crippen LogP contribution in [0.2, 0.25) is 0 Å². The summed E-state index contributed by atoms with van der Waals surface area (Å²) < 4.78 is 6.68. The number of hydrogen-bond donors (Lipinski definition) is 0. The Kier molecular flexibility index (Phi) is 4.54. The quantitative estimate of drug-likeness (QED) is 0.688. The van der Waals surface area contributed by atoms with E-state index in [4.69, 9.17) is 4.74 Å². The average Bonchev–Trinajstić information content (AvgIpc) is 2.68. The summed E-state index contributed by atoms with van der Waals surface area (Å²) in [4.78, 5) is 21.2. The first kappa shape index (κ1) is 16.6. The number of aromatic nitrogens is 1. The maximum Gasteiger partial charge on any atom is 0.410 e. The van der Waals surface area contributed by atoms with Crippen LogP contribution in [0.1, 0.15) is 39.2 Å². The van der Waals surface area contributed by atoms with Crippen LogP contribution in [0, 0.1) is 0 Å². The molecule has 23 heavy (non-hydrogen) atoms. The van der Waals surface area contributed by atoms with Gasteiger partial charge in [-0.1, -0.05) is 15.9 Å². The largest absolute Gasteiger partial charge is 0.444 e. The smallest absolute Gasteiger partial charge is 0.410 e. The molecule has 2 aliphatic heterocycles. The van der Waals surface area contributed by atoms with E-state index in [1.54, 1.807) is 0 Å². The number of ether oxygens (including phenoxy) is 1. The molecule has 3 heterocycles. The summed E-state index contributed by atoms with van der Waals surface area (Å²) in [6.45, 7) is 8.11. The fraction of sp³-hybridized carbons (Fsp3) is 0.647. The standard InChI is InChI=1S/C17H24BrN3O2/c1-17(2,3)23-16(22)20-9-4-10-21-12(11-20)5-6-13-14(18)7-8-19-15(13)21/h7-8,12H,4-6,9-11H2,1-3H3/t12-/m1/s1. The van der Waals surface area contributed by atoms with Gasteiger partial charge in [-0.2, -0.15) is 0 Å². The Hall–Kier alpha value is -1.30. The highest BCUT2D eigenvalue weighted by Gasteiger charge is 2.34.